The Bertz CT molecular complexity index is 1040. The van der Waals surface area contributed by atoms with Gasteiger partial charge in [-0.25, -0.2) is 9.78 Å². The molecule has 0 spiro atoms. The maximum absolute atomic E-state index is 12.6. The summed E-state index contributed by atoms with van der Waals surface area (Å²) in [5.41, 5.74) is 0.775. The van der Waals surface area contributed by atoms with Crippen molar-refractivity contribution in [3.63, 3.8) is 0 Å². The molecule has 1 aromatic carbocycles. The van der Waals surface area contributed by atoms with Crippen molar-refractivity contribution in [2.24, 2.45) is 7.05 Å². The van der Waals surface area contributed by atoms with E-state index in [4.69, 9.17) is 0 Å². The van der Waals surface area contributed by atoms with Crippen molar-refractivity contribution in [3.05, 3.63) is 60.4 Å². The Hall–Kier alpha value is -3.95. The largest absolute Gasteiger partial charge is 0.349 e. The minimum absolute atomic E-state index is 0.141. The third-order valence-electron chi connectivity index (χ3n) is 4.64. The fourth-order valence-corrected chi connectivity index (χ4v) is 3.17. The summed E-state index contributed by atoms with van der Waals surface area (Å²) in [6, 6.07) is 6.33. The fraction of sp³-hybridized carbons (Fsp3) is 0.167. The molecule has 28 heavy (non-hydrogen) atoms. The van der Waals surface area contributed by atoms with E-state index < -0.39 is 17.5 Å². The Labute approximate surface area is 159 Å². The maximum atomic E-state index is 12.6. The first kappa shape index (κ1) is 17.5. The number of carbonyl (C=O) groups excluding carboxylic acids is 3. The number of nitrogens with zero attached hydrogens (tertiary/aromatic N) is 3. The van der Waals surface area contributed by atoms with Crippen LogP contribution in [0.2, 0.25) is 0 Å². The number of hydrogen-bond donors (Lipinski definition) is 4. The Morgan fingerprint density at radius 2 is 2.00 bits per heavy atom. The van der Waals surface area contributed by atoms with E-state index in [1.54, 1.807) is 54.5 Å². The molecule has 142 valence electrons. The molecule has 3 aromatic rings. The summed E-state index contributed by atoms with van der Waals surface area (Å²) in [4.78, 5) is 41.0. The fourth-order valence-electron chi connectivity index (χ4n) is 3.17. The van der Waals surface area contributed by atoms with Crippen molar-refractivity contribution in [2.45, 2.75) is 5.54 Å². The van der Waals surface area contributed by atoms with Crippen molar-refractivity contribution in [1.29, 1.82) is 0 Å². The van der Waals surface area contributed by atoms with E-state index in [-0.39, 0.29) is 12.5 Å². The summed E-state index contributed by atoms with van der Waals surface area (Å²) >= 11 is 0. The first-order valence-electron chi connectivity index (χ1n) is 8.48. The lowest BCUT2D eigenvalue weighted by atomic mass is 9.98. The predicted octanol–water partition coefficient (Wildman–Crippen LogP) is 0.275. The minimum atomic E-state index is -1.47. The van der Waals surface area contributed by atoms with Crippen molar-refractivity contribution in [2.75, 3.05) is 6.54 Å². The van der Waals surface area contributed by atoms with Gasteiger partial charge in [0.2, 0.25) is 0 Å². The number of imidazole rings is 1. The lowest BCUT2D eigenvalue weighted by Gasteiger charge is -2.25. The summed E-state index contributed by atoms with van der Waals surface area (Å²) in [6.45, 7) is -0.141. The lowest BCUT2D eigenvalue weighted by molar-refractivity contribution is -0.124. The zero-order valence-corrected chi connectivity index (χ0v) is 14.9. The smallest absolute Gasteiger partial charge is 0.322 e. The number of aromatic amines is 1. The van der Waals surface area contributed by atoms with Crippen LogP contribution in [-0.2, 0) is 17.4 Å². The Morgan fingerprint density at radius 3 is 2.57 bits per heavy atom. The van der Waals surface area contributed by atoms with E-state index in [1.807, 2.05) is 0 Å². The van der Waals surface area contributed by atoms with Crippen LogP contribution < -0.4 is 16.0 Å². The number of rotatable bonds is 5. The van der Waals surface area contributed by atoms with Crippen LogP contribution in [0.4, 0.5) is 4.79 Å². The van der Waals surface area contributed by atoms with Crippen LogP contribution in [0, 0.1) is 0 Å². The lowest BCUT2D eigenvalue weighted by Crippen LogP contribution is -2.54. The van der Waals surface area contributed by atoms with Crippen LogP contribution in [0.3, 0.4) is 0 Å². The highest BCUT2D eigenvalue weighted by atomic mass is 16.2. The molecular formula is C18H17N7O3. The molecule has 1 fully saturated rings. The van der Waals surface area contributed by atoms with Crippen LogP contribution >= 0.6 is 0 Å². The minimum Gasteiger partial charge on any atom is -0.349 e. The van der Waals surface area contributed by atoms with Gasteiger partial charge in [0.05, 0.1) is 12.7 Å². The molecule has 1 saturated heterocycles. The molecule has 4 rings (SSSR count). The monoisotopic (exact) mass is 379 g/mol. The number of hydrogen-bond acceptors (Lipinski definition) is 5. The van der Waals surface area contributed by atoms with Gasteiger partial charge in [0.15, 0.2) is 5.54 Å². The van der Waals surface area contributed by atoms with E-state index in [0.717, 1.165) is 11.1 Å². The van der Waals surface area contributed by atoms with Crippen LogP contribution in [0.5, 0.6) is 0 Å². The van der Waals surface area contributed by atoms with E-state index in [2.05, 4.69) is 31.1 Å². The van der Waals surface area contributed by atoms with Crippen molar-refractivity contribution < 1.29 is 14.4 Å². The Kier molecular flexibility index (Phi) is 4.15. The number of benzene rings is 1. The molecule has 10 nitrogen and oxygen atoms in total. The average Bonchev–Trinajstić information content (AvgIpc) is 3.41. The topological polar surface area (TPSA) is 134 Å². The molecule has 3 heterocycles. The second kappa shape index (κ2) is 6.65. The van der Waals surface area contributed by atoms with Crippen molar-refractivity contribution in [3.8, 4) is 11.1 Å². The van der Waals surface area contributed by atoms with E-state index in [1.165, 1.54) is 6.20 Å². The molecule has 0 bridgehead atoms. The second-order valence-electron chi connectivity index (χ2n) is 6.42. The number of nitrogens with one attached hydrogen (secondary N) is 4. The van der Waals surface area contributed by atoms with E-state index in [9.17, 15) is 14.4 Å². The summed E-state index contributed by atoms with van der Waals surface area (Å²) in [5.74, 6) is -0.616. The molecular weight excluding hydrogens is 362 g/mol. The maximum Gasteiger partial charge on any atom is 0.322 e. The SMILES string of the molecule is Cn1ccnc1C1(CNC(=O)c2ccc(-c3cn[nH]c3)cc2)NC(=O)NC1=O. The number of aromatic nitrogens is 4. The van der Waals surface area contributed by atoms with Gasteiger partial charge in [-0.15, -0.1) is 0 Å². The molecule has 1 unspecified atom stereocenters. The number of urea groups is 1. The first-order valence-corrected chi connectivity index (χ1v) is 8.48. The Balaban J connectivity index is 1.53. The highest BCUT2D eigenvalue weighted by Crippen LogP contribution is 2.23. The summed E-state index contributed by atoms with van der Waals surface area (Å²) < 4.78 is 1.62. The molecule has 4 N–H and O–H groups in total. The van der Waals surface area contributed by atoms with Gasteiger partial charge in [-0.1, -0.05) is 12.1 Å². The molecule has 0 radical (unpaired) electrons. The molecule has 1 aliphatic heterocycles. The van der Waals surface area contributed by atoms with E-state index in [0.29, 0.717) is 11.4 Å². The summed E-state index contributed by atoms with van der Waals surface area (Å²) in [5, 5.41) is 14.1. The zero-order valence-electron chi connectivity index (χ0n) is 14.9. The number of imide groups is 1. The van der Waals surface area contributed by atoms with Gasteiger partial charge in [0.1, 0.15) is 5.82 Å². The van der Waals surface area contributed by atoms with E-state index >= 15 is 0 Å². The zero-order chi connectivity index (χ0) is 19.7. The van der Waals surface area contributed by atoms with Gasteiger partial charge in [-0.2, -0.15) is 5.10 Å². The molecule has 0 aliphatic carbocycles. The van der Waals surface area contributed by atoms with Gasteiger partial charge in [0.25, 0.3) is 11.8 Å². The summed E-state index contributed by atoms with van der Waals surface area (Å²) in [7, 11) is 1.71. The van der Waals surface area contributed by atoms with Crippen LogP contribution in [0.25, 0.3) is 11.1 Å². The highest BCUT2D eigenvalue weighted by Gasteiger charge is 2.50. The quantitative estimate of drug-likeness (QED) is 0.472. The second-order valence-corrected chi connectivity index (χ2v) is 6.42. The van der Waals surface area contributed by atoms with Gasteiger partial charge in [-0.3, -0.25) is 20.0 Å². The standard InChI is InChI=1S/C18H17N7O3/c1-25-7-6-19-15(25)18(16(27)23-17(28)24-18)10-20-14(26)12-4-2-11(3-5-12)13-8-21-22-9-13/h2-9H,10H2,1H3,(H,20,26)(H,21,22)(H2,23,24,27,28). The van der Waals surface area contributed by atoms with Crippen molar-refractivity contribution >= 4 is 17.8 Å². The van der Waals surface area contributed by atoms with Gasteiger partial charge in [0, 0.05) is 36.8 Å². The third-order valence-corrected chi connectivity index (χ3v) is 4.64. The Morgan fingerprint density at radius 1 is 1.21 bits per heavy atom. The first-order chi connectivity index (χ1) is 13.5. The molecule has 1 aliphatic rings. The van der Waals surface area contributed by atoms with Gasteiger partial charge >= 0.3 is 6.03 Å². The van der Waals surface area contributed by atoms with Crippen molar-refractivity contribution in [1.82, 2.24) is 35.7 Å². The highest BCUT2D eigenvalue weighted by molar-refractivity contribution is 6.07. The molecule has 0 saturated carbocycles. The predicted molar refractivity (Wildman–Crippen MR) is 97.9 cm³/mol. The molecule has 1 atom stereocenters. The average molecular weight is 379 g/mol. The number of amides is 4. The molecule has 4 amide bonds. The number of carbonyl (C=O) groups is 3. The van der Waals surface area contributed by atoms with Gasteiger partial charge < -0.3 is 15.2 Å². The van der Waals surface area contributed by atoms with Crippen LogP contribution in [0.1, 0.15) is 16.2 Å². The molecule has 10 heteroatoms. The molecule has 2 aromatic heterocycles. The normalized spacial score (nSPS) is 18.6. The van der Waals surface area contributed by atoms with Crippen LogP contribution in [-0.4, -0.2) is 44.1 Å². The summed E-state index contributed by atoms with van der Waals surface area (Å²) in [6.07, 6.45) is 6.62. The number of H-pyrrole nitrogens is 1. The van der Waals surface area contributed by atoms with Gasteiger partial charge in [-0.05, 0) is 17.7 Å². The van der Waals surface area contributed by atoms with Crippen LogP contribution in [0.15, 0.2) is 49.1 Å². The number of aryl methyl sites for hydroxylation is 1. The third kappa shape index (κ3) is 2.90.